The highest BCUT2D eigenvalue weighted by molar-refractivity contribution is 6.30. The van der Waals surface area contributed by atoms with Crippen LogP contribution in [-0.4, -0.2) is 24.5 Å². The summed E-state index contributed by atoms with van der Waals surface area (Å²) in [4.78, 5) is 2.75. The van der Waals surface area contributed by atoms with Gasteiger partial charge in [-0.05, 0) is 65.8 Å². The van der Waals surface area contributed by atoms with Crippen LogP contribution >= 0.6 is 11.6 Å². The van der Waals surface area contributed by atoms with E-state index in [9.17, 15) is 0 Å². The Labute approximate surface area is 149 Å². The number of likely N-dealkylation sites (tertiary alicyclic amines) is 1. The molecular formula is C22H24ClN. The van der Waals surface area contributed by atoms with Crippen LogP contribution in [0.5, 0.6) is 0 Å². The molecule has 2 fully saturated rings. The van der Waals surface area contributed by atoms with Crippen LogP contribution < -0.4 is 0 Å². The largest absolute Gasteiger partial charge is 0.302 e. The minimum atomic E-state index is 0.503. The predicted molar refractivity (Wildman–Crippen MR) is 99.6 cm³/mol. The highest BCUT2D eigenvalue weighted by atomic mass is 35.5. The van der Waals surface area contributed by atoms with Gasteiger partial charge in [0.1, 0.15) is 0 Å². The fourth-order valence-corrected chi connectivity index (χ4v) is 5.22. The first kappa shape index (κ1) is 15.0. The maximum atomic E-state index is 6.37. The van der Waals surface area contributed by atoms with Gasteiger partial charge in [0.2, 0.25) is 0 Å². The zero-order chi connectivity index (χ0) is 16.1. The molecule has 1 saturated heterocycles. The summed E-state index contributed by atoms with van der Waals surface area (Å²) < 4.78 is 0. The molecule has 1 saturated carbocycles. The van der Waals surface area contributed by atoms with E-state index >= 15 is 0 Å². The average Bonchev–Trinajstić information content (AvgIpc) is 3.31. The lowest BCUT2D eigenvalue weighted by Crippen LogP contribution is -2.29. The molecule has 24 heavy (non-hydrogen) atoms. The Bertz CT molecular complexity index is 737. The quantitative estimate of drug-likeness (QED) is 0.763. The Hall–Kier alpha value is -1.31. The lowest BCUT2D eigenvalue weighted by molar-refractivity contribution is 0.306. The Morgan fingerprint density at radius 3 is 2.62 bits per heavy atom. The molecule has 1 nitrogen and oxygen atoms in total. The highest BCUT2D eigenvalue weighted by Crippen LogP contribution is 2.48. The molecule has 0 radical (unpaired) electrons. The SMILES string of the molecule is Clc1ccc2c(c1)C(c1ccccc1)C1CN(CC3CC3)CC1C2. The second-order valence-electron chi connectivity index (χ2n) is 8.02. The number of halogens is 1. The predicted octanol–water partition coefficient (Wildman–Crippen LogP) is 4.99. The third kappa shape index (κ3) is 2.68. The number of hydrogen-bond donors (Lipinski definition) is 0. The summed E-state index contributed by atoms with van der Waals surface area (Å²) in [6, 6.07) is 17.7. The molecule has 1 aliphatic heterocycles. The zero-order valence-corrected chi connectivity index (χ0v) is 14.8. The van der Waals surface area contributed by atoms with E-state index in [0.717, 1.165) is 22.8 Å². The molecule has 3 aliphatic rings. The van der Waals surface area contributed by atoms with Gasteiger partial charge >= 0.3 is 0 Å². The second kappa shape index (κ2) is 5.89. The van der Waals surface area contributed by atoms with E-state index in [2.05, 4.69) is 53.4 Å². The Morgan fingerprint density at radius 1 is 1.00 bits per heavy atom. The van der Waals surface area contributed by atoms with E-state index in [4.69, 9.17) is 11.6 Å². The standard InChI is InChI=1S/C22H24ClN/c23-19-9-8-17-10-18-13-24(12-15-6-7-15)14-21(18)22(20(17)11-19)16-4-2-1-3-5-16/h1-5,8-9,11,15,18,21-22H,6-7,10,12-14H2. The van der Waals surface area contributed by atoms with E-state index < -0.39 is 0 Å². The first-order chi connectivity index (χ1) is 11.8. The Morgan fingerprint density at radius 2 is 1.83 bits per heavy atom. The van der Waals surface area contributed by atoms with Crippen LogP contribution in [-0.2, 0) is 6.42 Å². The summed E-state index contributed by atoms with van der Waals surface area (Å²) in [5.41, 5.74) is 4.45. The third-order valence-electron chi connectivity index (χ3n) is 6.29. The van der Waals surface area contributed by atoms with Crippen molar-refractivity contribution in [1.82, 2.24) is 4.90 Å². The van der Waals surface area contributed by atoms with Crippen LogP contribution in [0.2, 0.25) is 5.02 Å². The lowest BCUT2D eigenvalue weighted by atomic mass is 9.68. The molecule has 3 atom stereocenters. The first-order valence-corrected chi connectivity index (χ1v) is 9.71. The van der Waals surface area contributed by atoms with Crippen molar-refractivity contribution in [2.75, 3.05) is 19.6 Å². The van der Waals surface area contributed by atoms with Crippen LogP contribution in [0.3, 0.4) is 0 Å². The van der Waals surface area contributed by atoms with E-state index in [0.29, 0.717) is 5.92 Å². The molecule has 2 heteroatoms. The van der Waals surface area contributed by atoms with Gasteiger partial charge in [0.25, 0.3) is 0 Å². The Kier molecular flexibility index (Phi) is 3.68. The zero-order valence-electron chi connectivity index (χ0n) is 14.0. The number of nitrogens with zero attached hydrogens (tertiary/aromatic N) is 1. The summed E-state index contributed by atoms with van der Waals surface area (Å²) in [6.45, 7) is 3.87. The topological polar surface area (TPSA) is 3.24 Å². The van der Waals surface area contributed by atoms with E-state index in [1.807, 2.05) is 0 Å². The van der Waals surface area contributed by atoms with Crippen molar-refractivity contribution < 1.29 is 0 Å². The number of rotatable bonds is 3. The van der Waals surface area contributed by atoms with Crippen molar-refractivity contribution in [3.05, 3.63) is 70.2 Å². The Balaban J connectivity index is 1.54. The summed E-state index contributed by atoms with van der Waals surface area (Å²) in [6.07, 6.45) is 4.12. The van der Waals surface area contributed by atoms with Gasteiger partial charge in [-0.2, -0.15) is 0 Å². The van der Waals surface area contributed by atoms with Gasteiger partial charge < -0.3 is 4.90 Å². The monoisotopic (exact) mass is 337 g/mol. The van der Waals surface area contributed by atoms with Gasteiger partial charge in [-0.3, -0.25) is 0 Å². The van der Waals surface area contributed by atoms with Gasteiger partial charge in [0, 0.05) is 30.6 Å². The molecule has 0 bridgehead atoms. The normalized spacial score (nSPS) is 29.3. The van der Waals surface area contributed by atoms with Gasteiger partial charge in [0.05, 0.1) is 0 Å². The van der Waals surface area contributed by atoms with Crippen molar-refractivity contribution in [3.63, 3.8) is 0 Å². The summed E-state index contributed by atoms with van der Waals surface area (Å²) in [5, 5.41) is 0.876. The minimum absolute atomic E-state index is 0.503. The minimum Gasteiger partial charge on any atom is -0.302 e. The van der Waals surface area contributed by atoms with Crippen molar-refractivity contribution in [1.29, 1.82) is 0 Å². The van der Waals surface area contributed by atoms with Crippen molar-refractivity contribution in [3.8, 4) is 0 Å². The molecule has 2 aromatic rings. The van der Waals surface area contributed by atoms with Crippen LogP contribution in [0.4, 0.5) is 0 Å². The smallest absolute Gasteiger partial charge is 0.0409 e. The van der Waals surface area contributed by atoms with Gasteiger partial charge in [-0.25, -0.2) is 0 Å². The number of hydrogen-bond acceptors (Lipinski definition) is 1. The fraction of sp³-hybridized carbons (Fsp3) is 0.455. The summed E-state index contributed by atoms with van der Waals surface area (Å²) in [7, 11) is 0. The second-order valence-corrected chi connectivity index (χ2v) is 8.46. The summed E-state index contributed by atoms with van der Waals surface area (Å²) in [5.74, 6) is 3.01. The van der Waals surface area contributed by atoms with E-state index in [1.165, 1.54) is 55.6 Å². The maximum Gasteiger partial charge on any atom is 0.0409 e. The van der Waals surface area contributed by atoms with Gasteiger partial charge in [0.15, 0.2) is 0 Å². The average molecular weight is 338 g/mol. The molecule has 0 aromatic heterocycles. The van der Waals surface area contributed by atoms with Crippen LogP contribution in [0.15, 0.2) is 48.5 Å². The molecule has 5 rings (SSSR count). The molecule has 2 aliphatic carbocycles. The first-order valence-electron chi connectivity index (χ1n) is 9.33. The molecule has 1 heterocycles. The number of benzene rings is 2. The molecule has 0 amide bonds. The fourth-order valence-electron chi connectivity index (χ4n) is 5.04. The molecule has 0 N–H and O–H groups in total. The van der Waals surface area contributed by atoms with Crippen molar-refractivity contribution >= 4 is 11.6 Å². The van der Waals surface area contributed by atoms with Gasteiger partial charge in [-0.15, -0.1) is 0 Å². The maximum absolute atomic E-state index is 6.37. The molecule has 2 aromatic carbocycles. The molecular weight excluding hydrogens is 314 g/mol. The van der Waals surface area contributed by atoms with Crippen LogP contribution in [0.25, 0.3) is 0 Å². The van der Waals surface area contributed by atoms with Crippen molar-refractivity contribution in [2.24, 2.45) is 17.8 Å². The summed E-state index contributed by atoms with van der Waals surface area (Å²) >= 11 is 6.37. The van der Waals surface area contributed by atoms with Crippen LogP contribution in [0, 0.1) is 17.8 Å². The van der Waals surface area contributed by atoms with E-state index in [-0.39, 0.29) is 0 Å². The number of fused-ring (bicyclic) bond motifs is 2. The van der Waals surface area contributed by atoms with Crippen LogP contribution in [0.1, 0.15) is 35.4 Å². The van der Waals surface area contributed by atoms with Gasteiger partial charge in [-0.1, -0.05) is 48.0 Å². The molecule has 0 spiro atoms. The highest BCUT2D eigenvalue weighted by Gasteiger charge is 2.44. The third-order valence-corrected chi connectivity index (χ3v) is 6.53. The van der Waals surface area contributed by atoms with Crippen molar-refractivity contribution in [2.45, 2.75) is 25.2 Å². The lowest BCUT2D eigenvalue weighted by Gasteiger charge is -2.36. The molecule has 124 valence electrons. The van der Waals surface area contributed by atoms with E-state index in [1.54, 1.807) is 0 Å². The molecule has 3 unspecified atom stereocenters.